The molecule has 1 atom stereocenters. The minimum atomic E-state index is 0.0347. The number of pyridine rings is 1. The highest BCUT2D eigenvalue weighted by Crippen LogP contribution is 2.33. The fourth-order valence-corrected chi connectivity index (χ4v) is 4.92. The van der Waals surface area contributed by atoms with Crippen molar-refractivity contribution in [1.82, 2.24) is 14.8 Å². The van der Waals surface area contributed by atoms with Crippen molar-refractivity contribution >= 4 is 16.7 Å². The van der Waals surface area contributed by atoms with Crippen molar-refractivity contribution in [2.45, 2.75) is 65.0 Å². The number of amides is 1. The summed E-state index contributed by atoms with van der Waals surface area (Å²) in [4.78, 5) is 26.0. The van der Waals surface area contributed by atoms with E-state index in [1.807, 2.05) is 19.9 Å². The van der Waals surface area contributed by atoms with Gasteiger partial charge in [-0.2, -0.15) is 0 Å². The summed E-state index contributed by atoms with van der Waals surface area (Å²) in [5, 5.41) is 5.95. The maximum atomic E-state index is 13.3. The molecule has 0 radical (unpaired) electrons. The Balaban J connectivity index is 0.000000339. The van der Waals surface area contributed by atoms with Crippen LogP contribution in [0, 0.1) is 5.92 Å². The summed E-state index contributed by atoms with van der Waals surface area (Å²) in [7, 11) is 3.48. The Labute approximate surface area is 228 Å². The van der Waals surface area contributed by atoms with Crippen LogP contribution in [-0.2, 0) is 29.5 Å². The van der Waals surface area contributed by atoms with E-state index >= 15 is 0 Å². The van der Waals surface area contributed by atoms with Crippen molar-refractivity contribution in [2.75, 3.05) is 26.8 Å². The van der Waals surface area contributed by atoms with Gasteiger partial charge in [0.1, 0.15) is 0 Å². The first-order chi connectivity index (χ1) is 18.6. The van der Waals surface area contributed by atoms with Gasteiger partial charge < -0.3 is 19.5 Å². The molecule has 1 aliphatic carbocycles. The Morgan fingerprint density at radius 2 is 1.84 bits per heavy atom. The van der Waals surface area contributed by atoms with Gasteiger partial charge in [0.15, 0.2) is 0 Å². The molecule has 6 nitrogen and oxygen atoms in total. The van der Waals surface area contributed by atoms with E-state index in [-0.39, 0.29) is 11.5 Å². The number of hydrogen-bond donors (Lipinski definition) is 1. The van der Waals surface area contributed by atoms with E-state index in [1.165, 1.54) is 32.5 Å². The average molecular weight is 520 g/mol. The van der Waals surface area contributed by atoms with Gasteiger partial charge in [0, 0.05) is 52.2 Å². The Morgan fingerprint density at radius 3 is 2.47 bits per heavy atom. The highest BCUT2D eigenvalue weighted by atomic mass is 16.5. The number of carbonyl (C=O) groups is 1. The average Bonchev–Trinajstić information content (AvgIpc) is 3.80. The number of benzene rings is 2. The summed E-state index contributed by atoms with van der Waals surface area (Å²) < 4.78 is 6.75. The summed E-state index contributed by atoms with van der Waals surface area (Å²) >= 11 is 0. The van der Waals surface area contributed by atoms with Crippen LogP contribution in [0.1, 0.15) is 57.1 Å². The highest BCUT2D eigenvalue weighted by Gasteiger charge is 2.36. The van der Waals surface area contributed by atoms with E-state index in [0.29, 0.717) is 11.9 Å². The Morgan fingerprint density at radius 1 is 1.08 bits per heavy atom. The number of nitrogens with one attached hydrogen (secondary N) is 1. The second kappa shape index (κ2) is 15.5. The second-order valence-electron chi connectivity index (χ2n) is 9.96. The SMILES string of the molecule is CC.COCCCc1cc(CN(C(=O)[C@@H]2CCCNC2)C2CC2)c2ccccc2c1.Cn1ccccc1=O. The Hall–Kier alpha value is -2.96. The number of fused-ring (bicyclic) bond motifs is 1. The summed E-state index contributed by atoms with van der Waals surface area (Å²) in [6.45, 7) is 7.39. The predicted molar refractivity (Wildman–Crippen MR) is 156 cm³/mol. The lowest BCUT2D eigenvalue weighted by atomic mass is 9.96. The molecule has 0 bridgehead atoms. The van der Waals surface area contributed by atoms with Crippen LogP contribution in [0.3, 0.4) is 0 Å². The zero-order valence-corrected chi connectivity index (χ0v) is 23.6. The van der Waals surface area contributed by atoms with E-state index in [2.05, 4.69) is 46.6 Å². The molecule has 6 heteroatoms. The molecule has 38 heavy (non-hydrogen) atoms. The lowest BCUT2D eigenvalue weighted by molar-refractivity contribution is -0.137. The quantitative estimate of drug-likeness (QED) is 0.409. The maximum absolute atomic E-state index is 13.3. The van der Waals surface area contributed by atoms with Crippen LogP contribution in [0.4, 0.5) is 0 Å². The molecular formula is C32H45N3O3. The number of rotatable bonds is 8. The van der Waals surface area contributed by atoms with Gasteiger partial charge in [-0.3, -0.25) is 9.59 Å². The van der Waals surface area contributed by atoms with Crippen LogP contribution in [0.2, 0.25) is 0 Å². The fourth-order valence-electron chi connectivity index (χ4n) is 4.92. The summed E-state index contributed by atoms with van der Waals surface area (Å²) in [6.07, 6.45) is 8.18. The van der Waals surface area contributed by atoms with Gasteiger partial charge in [0.05, 0.1) is 5.92 Å². The molecule has 5 rings (SSSR count). The van der Waals surface area contributed by atoms with E-state index in [4.69, 9.17) is 4.74 Å². The molecule has 2 heterocycles. The van der Waals surface area contributed by atoms with Crippen molar-refractivity contribution in [3.8, 4) is 0 Å². The van der Waals surface area contributed by atoms with E-state index in [9.17, 15) is 9.59 Å². The van der Waals surface area contributed by atoms with Gasteiger partial charge in [-0.1, -0.05) is 56.3 Å². The van der Waals surface area contributed by atoms with Crippen molar-refractivity contribution in [1.29, 1.82) is 0 Å². The van der Waals surface area contributed by atoms with Gasteiger partial charge in [-0.25, -0.2) is 0 Å². The molecule has 1 N–H and O–H groups in total. The first-order valence-electron chi connectivity index (χ1n) is 14.2. The first-order valence-corrected chi connectivity index (χ1v) is 14.2. The topological polar surface area (TPSA) is 63.6 Å². The molecule has 1 saturated heterocycles. The lowest BCUT2D eigenvalue weighted by Gasteiger charge is -2.30. The predicted octanol–water partition coefficient (Wildman–Crippen LogP) is 5.32. The van der Waals surface area contributed by atoms with Gasteiger partial charge in [0.2, 0.25) is 11.5 Å². The number of methoxy groups -OCH3 is 1. The van der Waals surface area contributed by atoms with Crippen molar-refractivity contribution < 1.29 is 9.53 Å². The molecule has 1 saturated carbocycles. The van der Waals surface area contributed by atoms with E-state index < -0.39 is 0 Å². The molecule has 2 aliphatic rings. The highest BCUT2D eigenvalue weighted by molar-refractivity contribution is 5.87. The zero-order chi connectivity index (χ0) is 27.3. The number of aromatic nitrogens is 1. The summed E-state index contributed by atoms with van der Waals surface area (Å²) in [6, 6.07) is 18.7. The number of carbonyl (C=O) groups excluding carboxylic acids is 1. The number of hydrogen-bond acceptors (Lipinski definition) is 4. The molecule has 206 valence electrons. The Bertz CT molecular complexity index is 1200. The number of ether oxygens (including phenoxy) is 1. The van der Waals surface area contributed by atoms with Gasteiger partial charge >= 0.3 is 0 Å². The molecule has 1 aliphatic heterocycles. The van der Waals surface area contributed by atoms with Gasteiger partial charge in [0.25, 0.3) is 0 Å². The molecule has 3 aromatic rings. The summed E-state index contributed by atoms with van der Waals surface area (Å²) in [5.41, 5.74) is 2.66. The molecular weight excluding hydrogens is 474 g/mol. The van der Waals surface area contributed by atoms with Crippen molar-refractivity contribution in [3.05, 3.63) is 82.3 Å². The smallest absolute Gasteiger partial charge is 0.250 e. The van der Waals surface area contributed by atoms with Crippen molar-refractivity contribution in [2.24, 2.45) is 13.0 Å². The standard InChI is InChI=1S/C24H32N2O2.C6H7NO.C2H6/c1-28-13-5-6-18-14-19-7-2-3-9-23(19)21(15-18)17-26(22-10-11-22)24(27)20-8-4-12-25-16-20;1-7-5-3-2-4-6(7)8;1-2/h2-3,7,9,14-15,20,22,25H,4-6,8,10-13,16-17H2,1H3;2-5H,1H3;1-2H3/t20-;;/m1../s1. The monoisotopic (exact) mass is 519 g/mol. The largest absolute Gasteiger partial charge is 0.385 e. The van der Waals surface area contributed by atoms with Crippen LogP contribution in [0.5, 0.6) is 0 Å². The summed E-state index contributed by atoms with van der Waals surface area (Å²) in [5.74, 6) is 0.495. The molecule has 1 amide bonds. The van der Waals surface area contributed by atoms with Gasteiger partial charge in [-0.15, -0.1) is 0 Å². The number of piperidine rings is 1. The van der Waals surface area contributed by atoms with Crippen molar-refractivity contribution in [3.63, 3.8) is 0 Å². The maximum Gasteiger partial charge on any atom is 0.250 e. The molecule has 1 aromatic heterocycles. The molecule has 0 spiro atoms. The first kappa shape index (κ1) is 29.6. The third-order valence-electron chi connectivity index (χ3n) is 7.09. The lowest BCUT2D eigenvalue weighted by Crippen LogP contribution is -2.43. The third kappa shape index (κ3) is 8.53. The molecule has 2 fully saturated rings. The van der Waals surface area contributed by atoms with Crippen LogP contribution < -0.4 is 10.9 Å². The van der Waals surface area contributed by atoms with Gasteiger partial charge in [-0.05, 0) is 73.0 Å². The second-order valence-corrected chi connectivity index (χ2v) is 9.96. The fraction of sp³-hybridized carbons (Fsp3) is 0.500. The van der Waals surface area contributed by atoms with Crippen LogP contribution in [0.25, 0.3) is 10.8 Å². The normalized spacial score (nSPS) is 16.6. The minimum Gasteiger partial charge on any atom is -0.385 e. The van der Waals surface area contributed by atoms with E-state index in [0.717, 1.165) is 64.8 Å². The minimum absolute atomic E-state index is 0.0347. The van der Waals surface area contributed by atoms with Crippen LogP contribution >= 0.6 is 0 Å². The number of nitrogens with zero attached hydrogens (tertiary/aromatic N) is 2. The molecule has 0 unspecified atom stereocenters. The zero-order valence-electron chi connectivity index (χ0n) is 23.6. The van der Waals surface area contributed by atoms with E-state index in [1.54, 1.807) is 26.4 Å². The number of aryl methyl sites for hydroxylation is 2. The van der Waals surface area contributed by atoms with Crippen LogP contribution in [0.15, 0.2) is 65.6 Å². The third-order valence-corrected chi connectivity index (χ3v) is 7.09. The Kier molecular flexibility index (Phi) is 12.0. The van der Waals surface area contributed by atoms with Crippen LogP contribution in [-0.4, -0.2) is 48.2 Å². The molecule has 2 aromatic carbocycles.